The second-order valence-electron chi connectivity index (χ2n) is 11.9. The van der Waals surface area contributed by atoms with E-state index >= 15 is 0 Å². The summed E-state index contributed by atoms with van der Waals surface area (Å²) in [4.78, 5) is 42.7. The molecule has 0 unspecified atom stereocenters. The van der Waals surface area contributed by atoms with E-state index in [1.54, 1.807) is 43.3 Å². The Morgan fingerprint density at radius 3 is 2.33 bits per heavy atom. The maximum absolute atomic E-state index is 14.3. The van der Waals surface area contributed by atoms with Crippen molar-refractivity contribution in [1.29, 1.82) is 0 Å². The van der Waals surface area contributed by atoms with E-state index in [0.717, 1.165) is 0 Å². The zero-order valence-corrected chi connectivity index (χ0v) is 32.0. The molecule has 1 saturated heterocycles. The second-order valence-corrected chi connectivity index (χ2v) is 12.3. The number of halogens is 1. The molecule has 2 aromatic carbocycles. The molecular formula is C32H41AcClN2O10. The number of benzene rings is 2. The molecule has 0 saturated carbocycles. The number of aliphatic hydroxyl groups is 3. The molecule has 1 radical (unpaired) electrons. The van der Waals surface area contributed by atoms with E-state index in [0.29, 0.717) is 33.3 Å². The van der Waals surface area contributed by atoms with Crippen LogP contribution in [0.5, 0.6) is 11.5 Å². The van der Waals surface area contributed by atoms with Gasteiger partial charge in [0.05, 0.1) is 53.0 Å². The first-order valence-electron chi connectivity index (χ1n) is 14.7. The number of carbonyl (C=O) groups excluding carboxylic acids is 3. The van der Waals surface area contributed by atoms with Crippen molar-refractivity contribution in [1.82, 2.24) is 4.90 Å². The van der Waals surface area contributed by atoms with E-state index in [9.17, 15) is 29.7 Å². The van der Waals surface area contributed by atoms with Crippen molar-refractivity contribution in [3.05, 3.63) is 52.5 Å². The van der Waals surface area contributed by atoms with Gasteiger partial charge >= 0.3 is 5.97 Å². The molecule has 2 amide bonds. The van der Waals surface area contributed by atoms with Gasteiger partial charge in [-0.15, -0.1) is 0 Å². The summed E-state index contributed by atoms with van der Waals surface area (Å²) in [6.07, 6.45) is -2.40. The van der Waals surface area contributed by atoms with Crippen LogP contribution < -0.4 is 14.4 Å². The smallest absolute Gasteiger partial charge is 0.308 e. The minimum Gasteiger partial charge on any atom is -0.493 e. The third-order valence-electron chi connectivity index (χ3n) is 8.53. The Morgan fingerprint density at radius 1 is 1.07 bits per heavy atom. The number of piperidine rings is 1. The summed E-state index contributed by atoms with van der Waals surface area (Å²) in [6, 6.07) is 10.2. The summed E-state index contributed by atoms with van der Waals surface area (Å²) in [6.45, 7) is 1.10. The molecule has 249 valence electrons. The molecule has 4 rings (SSSR count). The van der Waals surface area contributed by atoms with Gasteiger partial charge in [0, 0.05) is 90.9 Å². The molecule has 0 spiro atoms. The number of para-hydroxylation sites is 1. The van der Waals surface area contributed by atoms with Crippen LogP contribution in [0.2, 0.25) is 5.02 Å². The maximum Gasteiger partial charge on any atom is 0.308 e. The number of likely N-dealkylation sites (tertiary alicyclic amines) is 1. The van der Waals surface area contributed by atoms with Gasteiger partial charge in [0.25, 0.3) is 5.91 Å². The molecule has 2 atom stereocenters. The largest absolute Gasteiger partial charge is 0.493 e. The van der Waals surface area contributed by atoms with Crippen molar-refractivity contribution in [2.45, 2.75) is 50.4 Å². The van der Waals surface area contributed by atoms with Crippen molar-refractivity contribution < 1.29 is 92.7 Å². The minimum absolute atomic E-state index is 0. The van der Waals surface area contributed by atoms with Crippen molar-refractivity contribution in [3.8, 4) is 11.5 Å². The first-order valence-corrected chi connectivity index (χ1v) is 15.0. The standard InChI is InChI=1S/C32H41ClN2O10.Ac/c1-31(18-36,19-37)17-35-23-9-8-20(33)14-22(23)28(21-6-5-7-24(42-2)29(21)44-4)45-25(30(35)40)15-26(38)34-12-10-32(41,11-13-34)16-27(39)43-3;/h5-9,14,25,28,36-37,41H,10-13,15-19H2,1-4H3;/t25-,28-;/m1./s1. The number of anilines is 1. The minimum atomic E-state index is -1.29. The number of carbonyl (C=O) groups is 3. The average molecular weight is 876 g/mol. The van der Waals surface area contributed by atoms with Crippen LogP contribution in [-0.2, 0) is 23.9 Å². The third-order valence-corrected chi connectivity index (χ3v) is 8.77. The molecule has 0 aromatic heterocycles. The quantitative estimate of drug-likeness (QED) is 0.287. The number of esters is 1. The van der Waals surface area contributed by atoms with Crippen LogP contribution in [0.15, 0.2) is 36.4 Å². The molecule has 1 fully saturated rings. The molecule has 14 heteroatoms. The van der Waals surface area contributed by atoms with Gasteiger partial charge in [-0.25, -0.2) is 0 Å². The first-order chi connectivity index (χ1) is 21.4. The third kappa shape index (κ3) is 8.54. The van der Waals surface area contributed by atoms with Gasteiger partial charge in [-0.3, -0.25) is 14.4 Å². The molecule has 0 aliphatic carbocycles. The number of aliphatic hydroxyl groups excluding tert-OH is 2. The molecule has 46 heavy (non-hydrogen) atoms. The fourth-order valence-electron chi connectivity index (χ4n) is 5.74. The van der Waals surface area contributed by atoms with Crippen LogP contribution in [0, 0.1) is 49.5 Å². The molecule has 2 aromatic rings. The zero-order valence-electron chi connectivity index (χ0n) is 26.5. The van der Waals surface area contributed by atoms with Crippen molar-refractivity contribution >= 4 is 35.1 Å². The predicted molar refractivity (Wildman–Crippen MR) is 164 cm³/mol. The average Bonchev–Trinajstić information content (AvgIpc) is 3.14. The van der Waals surface area contributed by atoms with Crippen LogP contribution in [0.1, 0.15) is 49.8 Å². The Bertz CT molecular complexity index is 1400. The molecule has 0 bridgehead atoms. The summed E-state index contributed by atoms with van der Waals surface area (Å²) >= 11 is 6.47. The van der Waals surface area contributed by atoms with E-state index in [-0.39, 0.29) is 95.3 Å². The summed E-state index contributed by atoms with van der Waals surface area (Å²) in [7, 11) is 4.24. The van der Waals surface area contributed by atoms with Gasteiger partial charge in [-0.05, 0) is 37.1 Å². The molecular weight excluding hydrogens is 835 g/mol. The summed E-state index contributed by atoms with van der Waals surface area (Å²) in [5.74, 6) is -0.641. The van der Waals surface area contributed by atoms with E-state index in [2.05, 4.69) is 0 Å². The summed E-state index contributed by atoms with van der Waals surface area (Å²) in [5.41, 5.74) is -0.880. The topological polar surface area (TPSA) is 155 Å². The summed E-state index contributed by atoms with van der Waals surface area (Å²) in [5, 5.41) is 31.5. The molecule has 12 nitrogen and oxygen atoms in total. The SMILES string of the molecule is COC(=O)CC1(O)CCN(C(=O)C[C@H]2O[C@H](c3cccc(OC)c3OC)c3cc(Cl)ccc3N(CC(C)(CO)CO)C2=O)CC1.[Ac]. The molecule has 3 N–H and O–H groups in total. The van der Waals surface area contributed by atoms with E-state index in [1.807, 2.05) is 0 Å². The van der Waals surface area contributed by atoms with Crippen LogP contribution >= 0.6 is 11.6 Å². The van der Waals surface area contributed by atoms with Gasteiger partial charge < -0.3 is 44.1 Å². The molecule has 2 heterocycles. The number of amides is 2. The Kier molecular flexibility index (Phi) is 13.7. The van der Waals surface area contributed by atoms with Gasteiger partial charge in [-0.2, -0.15) is 0 Å². The van der Waals surface area contributed by atoms with E-state index in [1.165, 1.54) is 31.1 Å². The zero-order chi connectivity index (χ0) is 32.9. The number of methoxy groups -OCH3 is 3. The maximum atomic E-state index is 14.3. The Balaban J connectivity index is 0.00000576. The Morgan fingerprint density at radius 2 is 1.74 bits per heavy atom. The van der Waals surface area contributed by atoms with Crippen molar-refractivity contribution in [2.24, 2.45) is 5.41 Å². The van der Waals surface area contributed by atoms with Gasteiger partial charge in [-0.1, -0.05) is 30.7 Å². The summed E-state index contributed by atoms with van der Waals surface area (Å²) < 4.78 is 22.5. The molecule has 2 aliphatic rings. The van der Waals surface area contributed by atoms with Gasteiger partial charge in [0.2, 0.25) is 5.91 Å². The van der Waals surface area contributed by atoms with Crippen molar-refractivity contribution in [2.75, 3.05) is 59.1 Å². The number of fused-ring (bicyclic) bond motifs is 1. The molecule has 2 aliphatic heterocycles. The van der Waals surface area contributed by atoms with Gasteiger partial charge in [0.15, 0.2) is 11.5 Å². The number of hydrogen-bond acceptors (Lipinski definition) is 10. The van der Waals surface area contributed by atoms with Crippen LogP contribution in [0.3, 0.4) is 0 Å². The predicted octanol–water partition coefficient (Wildman–Crippen LogP) is 2.48. The number of ether oxygens (including phenoxy) is 4. The fourth-order valence-corrected chi connectivity index (χ4v) is 5.92. The van der Waals surface area contributed by atoms with Crippen LogP contribution in [0.4, 0.5) is 5.69 Å². The first kappa shape index (κ1) is 38.5. The van der Waals surface area contributed by atoms with E-state index in [4.69, 9.17) is 30.5 Å². The monoisotopic (exact) mass is 875 g/mol. The normalized spacial score (nSPS) is 19.4. The number of nitrogens with zero attached hydrogens (tertiary/aromatic N) is 2. The van der Waals surface area contributed by atoms with Crippen LogP contribution in [-0.4, -0.2) is 104 Å². The number of hydrogen-bond donors (Lipinski definition) is 3. The van der Waals surface area contributed by atoms with Crippen LogP contribution in [0.25, 0.3) is 0 Å². The fraction of sp³-hybridized carbons (Fsp3) is 0.531. The van der Waals surface area contributed by atoms with Crippen molar-refractivity contribution in [3.63, 3.8) is 0 Å². The number of rotatable bonds is 11. The second kappa shape index (κ2) is 16.4. The Hall–Kier alpha value is -1.98. The van der Waals surface area contributed by atoms with E-state index < -0.39 is 48.3 Å². The van der Waals surface area contributed by atoms with Gasteiger partial charge in [0.1, 0.15) is 12.2 Å². The Labute approximate surface area is 309 Å².